The quantitative estimate of drug-likeness (QED) is 0.812. The summed E-state index contributed by atoms with van der Waals surface area (Å²) in [6.45, 7) is 12.5. The molecular formula is C17H28N2O2. The van der Waals surface area contributed by atoms with Crippen molar-refractivity contribution in [3.63, 3.8) is 0 Å². The number of rotatable bonds is 7. The number of ether oxygens (including phenoxy) is 1. The van der Waals surface area contributed by atoms with E-state index in [2.05, 4.69) is 10.6 Å². The summed E-state index contributed by atoms with van der Waals surface area (Å²) in [6, 6.07) is 7.79. The zero-order chi connectivity index (χ0) is 16.0. The first-order valence-corrected chi connectivity index (χ1v) is 7.59. The van der Waals surface area contributed by atoms with Crippen molar-refractivity contribution in [3.05, 3.63) is 29.8 Å². The van der Waals surface area contributed by atoms with Crippen LogP contribution < -0.4 is 15.4 Å². The highest BCUT2D eigenvalue weighted by Gasteiger charge is 2.27. The highest BCUT2D eigenvalue weighted by molar-refractivity contribution is 5.85. The molecule has 0 fully saturated rings. The Labute approximate surface area is 128 Å². The molecule has 0 bridgehead atoms. The Bertz CT molecular complexity index is 470. The molecule has 0 aliphatic heterocycles. The third kappa shape index (κ3) is 5.38. The molecule has 1 amide bonds. The van der Waals surface area contributed by atoms with Crippen LogP contribution in [-0.4, -0.2) is 24.1 Å². The van der Waals surface area contributed by atoms with Gasteiger partial charge in [0, 0.05) is 0 Å². The molecule has 2 N–H and O–H groups in total. The minimum atomic E-state index is -0.574. The third-order valence-electron chi connectivity index (χ3n) is 3.26. The maximum atomic E-state index is 12.3. The van der Waals surface area contributed by atoms with Crippen LogP contribution in [0.3, 0.4) is 0 Å². The van der Waals surface area contributed by atoms with E-state index in [1.807, 2.05) is 65.8 Å². The van der Waals surface area contributed by atoms with Crippen molar-refractivity contribution in [1.29, 1.82) is 0 Å². The molecule has 118 valence electrons. The standard InChI is InChI=1S/C17H28N2O2/c1-7-18-17(5,6)16(20)19-13(4)14-9-8-10-15(11-14)21-12(2)3/h8-13,18H,7H2,1-6H3,(H,19,20). The summed E-state index contributed by atoms with van der Waals surface area (Å²) in [6.07, 6.45) is 0.137. The minimum Gasteiger partial charge on any atom is -0.491 e. The first-order chi connectivity index (χ1) is 9.76. The van der Waals surface area contributed by atoms with Gasteiger partial charge in [0.25, 0.3) is 0 Å². The summed E-state index contributed by atoms with van der Waals surface area (Å²) in [5.74, 6) is 0.821. The summed E-state index contributed by atoms with van der Waals surface area (Å²) >= 11 is 0. The highest BCUT2D eigenvalue weighted by atomic mass is 16.5. The highest BCUT2D eigenvalue weighted by Crippen LogP contribution is 2.20. The fourth-order valence-corrected chi connectivity index (χ4v) is 2.11. The Morgan fingerprint density at radius 2 is 1.95 bits per heavy atom. The molecule has 0 aliphatic rings. The van der Waals surface area contributed by atoms with Crippen molar-refractivity contribution in [1.82, 2.24) is 10.6 Å². The third-order valence-corrected chi connectivity index (χ3v) is 3.26. The van der Waals surface area contributed by atoms with Crippen LogP contribution >= 0.6 is 0 Å². The number of hydrogen-bond acceptors (Lipinski definition) is 3. The number of benzene rings is 1. The van der Waals surface area contributed by atoms with Crippen molar-refractivity contribution >= 4 is 5.91 Å². The van der Waals surface area contributed by atoms with Gasteiger partial charge in [0.05, 0.1) is 17.7 Å². The van der Waals surface area contributed by atoms with Gasteiger partial charge in [0.2, 0.25) is 5.91 Å². The Hall–Kier alpha value is -1.55. The second-order valence-electron chi connectivity index (χ2n) is 6.09. The molecule has 0 spiro atoms. The molecule has 0 heterocycles. The van der Waals surface area contributed by atoms with Crippen LogP contribution in [0.4, 0.5) is 0 Å². The molecule has 0 aliphatic carbocycles. The van der Waals surface area contributed by atoms with E-state index in [0.29, 0.717) is 0 Å². The van der Waals surface area contributed by atoms with Crippen LogP contribution in [0.25, 0.3) is 0 Å². The van der Waals surface area contributed by atoms with Crippen LogP contribution in [0.1, 0.15) is 53.1 Å². The predicted molar refractivity (Wildman–Crippen MR) is 86.5 cm³/mol. The van der Waals surface area contributed by atoms with Crippen LogP contribution in [0.2, 0.25) is 0 Å². The zero-order valence-electron chi connectivity index (χ0n) is 14.0. The Morgan fingerprint density at radius 1 is 1.29 bits per heavy atom. The number of carbonyl (C=O) groups is 1. The van der Waals surface area contributed by atoms with Crippen molar-refractivity contribution in [2.45, 2.75) is 59.2 Å². The van der Waals surface area contributed by atoms with Gasteiger partial charge in [-0.25, -0.2) is 0 Å². The molecular weight excluding hydrogens is 264 g/mol. The van der Waals surface area contributed by atoms with Gasteiger partial charge in [-0.15, -0.1) is 0 Å². The van der Waals surface area contributed by atoms with Gasteiger partial charge in [-0.2, -0.15) is 0 Å². The molecule has 0 radical (unpaired) electrons. The maximum Gasteiger partial charge on any atom is 0.240 e. The second kappa shape index (κ2) is 7.46. The number of likely N-dealkylation sites (N-methyl/N-ethyl adjacent to an activating group) is 1. The monoisotopic (exact) mass is 292 g/mol. The van der Waals surface area contributed by atoms with Gasteiger partial charge in [-0.3, -0.25) is 4.79 Å². The molecule has 1 unspecified atom stereocenters. The van der Waals surface area contributed by atoms with Crippen LogP contribution in [0.15, 0.2) is 24.3 Å². The Morgan fingerprint density at radius 3 is 2.52 bits per heavy atom. The van der Waals surface area contributed by atoms with E-state index in [1.165, 1.54) is 0 Å². The number of nitrogens with one attached hydrogen (secondary N) is 2. The molecule has 4 nitrogen and oxygen atoms in total. The van der Waals surface area contributed by atoms with Crippen molar-refractivity contribution in [2.24, 2.45) is 0 Å². The SMILES string of the molecule is CCNC(C)(C)C(=O)NC(C)c1cccc(OC(C)C)c1. The topological polar surface area (TPSA) is 50.4 Å². The number of carbonyl (C=O) groups excluding carboxylic acids is 1. The van der Waals surface area contributed by atoms with Gasteiger partial charge < -0.3 is 15.4 Å². The summed E-state index contributed by atoms with van der Waals surface area (Å²) in [5.41, 5.74) is 0.462. The van der Waals surface area contributed by atoms with E-state index in [0.717, 1.165) is 17.9 Å². The van der Waals surface area contributed by atoms with E-state index < -0.39 is 5.54 Å². The van der Waals surface area contributed by atoms with Gasteiger partial charge in [0.15, 0.2) is 0 Å². The largest absolute Gasteiger partial charge is 0.491 e. The molecule has 1 atom stereocenters. The van der Waals surface area contributed by atoms with E-state index >= 15 is 0 Å². The summed E-state index contributed by atoms with van der Waals surface area (Å²) in [5, 5.41) is 6.22. The molecule has 0 saturated carbocycles. The first-order valence-electron chi connectivity index (χ1n) is 7.59. The Balaban J connectivity index is 2.75. The molecule has 21 heavy (non-hydrogen) atoms. The van der Waals surface area contributed by atoms with Crippen molar-refractivity contribution in [2.75, 3.05) is 6.54 Å². The maximum absolute atomic E-state index is 12.3. The van der Waals surface area contributed by atoms with Gasteiger partial charge in [0.1, 0.15) is 5.75 Å². The van der Waals surface area contributed by atoms with Crippen molar-refractivity contribution in [3.8, 4) is 5.75 Å². The summed E-state index contributed by atoms with van der Waals surface area (Å²) < 4.78 is 5.69. The Kier molecular flexibility index (Phi) is 6.21. The average molecular weight is 292 g/mol. The second-order valence-corrected chi connectivity index (χ2v) is 6.09. The normalized spacial score (nSPS) is 13.1. The lowest BCUT2D eigenvalue weighted by molar-refractivity contribution is -0.127. The lowest BCUT2D eigenvalue weighted by Gasteiger charge is -2.27. The fourth-order valence-electron chi connectivity index (χ4n) is 2.11. The van der Waals surface area contributed by atoms with Crippen LogP contribution in [0.5, 0.6) is 5.75 Å². The average Bonchev–Trinajstić information content (AvgIpc) is 2.38. The first kappa shape index (κ1) is 17.5. The number of amides is 1. The molecule has 1 aromatic carbocycles. The van der Waals surface area contributed by atoms with E-state index in [-0.39, 0.29) is 18.1 Å². The smallest absolute Gasteiger partial charge is 0.240 e. The van der Waals surface area contributed by atoms with Gasteiger partial charge >= 0.3 is 0 Å². The van der Waals surface area contributed by atoms with Crippen LogP contribution in [0, 0.1) is 0 Å². The van der Waals surface area contributed by atoms with Gasteiger partial charge in [-0.1, -0.05) is 19.1 Å². The molecule has 0 aromatic heterocycles. The van der Waals surface area contributed by atoms with Crippen molar-refractivity contribution < 1.29 is 9.53 Å². The van der Waals surface area contributed by atoms with Crippen LogP contribution in [-0.2, 0) is 4.79 Å². The molecule has 0 saturated heterocycles. The zero-order valence-corrected chi connectivity index (χ0v) is 14.0. The summed E-state index contributed by atoms with van der Waals surface area (Å²) in [4.78, 5) is 12.3. The fraction of sp³-hybridized carbons (Fsp3) is 0.588. The molecule has 1 rings (SSSR count). The lowest BCUT2D eigenvalue weighted by atomic mass is 10.0. The minimum absolute atomic E-state index is 0.00738. The molecule has 1 aromatic rings. The van der Waals surface area contributed by atoms with E-state index in [4.69, 9.17) is 4.74 Å². The summed E-state index contributed by atoms with van der Waals surface area (Å²) in [7, 11) is 0. The lowest BCUT2D eigenvalue weighted by Crippen LogP contribution is -2.52. The number of hydrogen-bond donors (Lipinski definition) is 2. The van der Waals surface area contributed by atoms with E-state index in [9.17, 15) is 4.79 Å². The molecule has 4 heteroatoms. The predicted octanol–water partition coefficient (Wildman–Crippen LogP) is 3.04. The van der Waals surface area contributed by atoms with E-state index in [1.54, 1.807) is 0 Å². The van der Waals surface area contributed by atoms with Gasteiger partial charge in [-0.05, 0) is 58.9 Å².